The molecule has 2 aliphatic carbocycles. The molecule has 0 amide bonds. The van der Waals surface area contributed by atoms with Crippen LogP contribution in [-0.4, -0.2) is 34.7 Å². The zero-order valence-corrected chi connectivity index (χ0v) is 13.3. The first-order valence-corrected chi connectivity index (χ1v) is 9.19. The van der Waals surface area contributed by atoms with Gasteiger partial charge in [0.2, 0.25) is 0 Å². The molecule has 0 bridgehead atoms. The van der Waals surface area contributed by atoms with Crippen molar-refractivity contribution < 1.29 is 5.11 Å². The van der Waals surface area contributed by atoms with Crippen molar-refractivity contribution in [1.82, 2.24) is 4.90 Å². The van der Waals surface area contributed by atoms with Crippen molar-refractivity contribution in [2.24, 2.45) is 11.8 Å². The Bertz CT molecular complexity index is 306. The van der Waals surface area contributed by atoms with Crippen LogP contribution in [0.5, 0.6) is 0 Å². The van der Waals surface area contributed by atoms with Gasteiger partial charge in [0, 0.05) is 18.0 Å². The highest BCUT2D eigenvalue weighted by Crippen LogP contribution is 2.38. The standard InChI is InChI=1S/C18H33NO/c1-14-7-6-8-15(13-14)19-12-5-4-10-17(19)16-9-2-3-11-18(16)20/h14-18,20H,2-13H2,1H3. The minimum Gasteiger partial charge on any atom is -0.393 e. The topological polar surface area (TPSA) is 23.5 Å². The van der Waals surface area contributed by atoms with Crippen LogP contribution < -0.4 is 0 Å². The summed E-state index contributed by atoms with van der Waals surface area (Å²) >= 11 is 0. The van der Waals surface area contributed by atoms with E-state index in [0.717, 1.165) is 18.4 Å². The summed E-state index contributed by atoms with van der Waals surface area (Å²) in [7, 11) is 0. The van der Waals surface area contributed by atoms with Crippen molar-refractivity contribution in [3.63, 3.8) is 0 Å². The van der Waals surface area contributed by atoms with Gasteiger partial charge in [-0.25, -0.2) is 0 Å². The third-order valence-corrected chi connectivity index (χ3v) is 6.25. The van der Waals surface area contributed by atoms with Crippen molar-refractivity contribution in [2.75, 3.05) is 6.54 Å². The third-order valence-electron chi connectivity index (χ3n) is 6.25. The van der Waals surface area contributed by atoms with Crippen molar-refractivity contribution in [3.05, 3.63) is 0 Å². The van der Waals surface area contributed by atoms with E-state index in [1.807, 2.05) is 0 Å². The number of hydrogen-bond donors (Lipinski definition) is 1. The molecule has 1 aliphatic heterocycles. The first-order chi connectivity index (χ1) is 9.75. The lowest BCUT2D eigenvalue weighted by molar-refractivity contribution is -0.0315. The van der Waals surface area contributed by atoms with Gasteiger partial charge >= 0.3 is 0 Å². The molecular weight excluding hydrogens is 246 g/mol. The normalized spacial score (nSPS) is 44.4. The molecule has 5 atom stereocenters. The van der Waals surface area contributed by atoms with Crippen LogP contribution in [0.1, 0.15) is 77.6 Å². The average molecular weight is 279 g/mol. The molecule has 5 unspecified atom stereocenters. The second-order valence-electron chi connectivity index (χ2n) is 7.74. The van der Waals surface area contributed by atoms with E-state index in [4.69, 9.17) is 0 Å². The van der Waals surface area contributed by atoms with Crippen LogP contribution in [0.15, 0.2) is 0 Å². The van der Waals surface area contributed by atoms with E-state index < -0.39 is 0 Å². The lowest BCUT2D eigenvalue weighted by Gasteiger charge is -2.48. The molecule has 1 heterocycles. The van der Waals surface area contributed by atoms with E-state index in [9.17, 15) is 5.11 Å². The summed E-state index contributed by atoms with van der Waals surface area (Å²) in [6, 6.07) is 1.51. The molecule has 2 saturated carbocycles. The van der Waals surface area contributed by atoms with Crippen LogP contribution in [0.25, 0.3) is 0 Å². The van der Waals surface area contributed by atoms with Gasteiger partial charge in [0.05, 0.1) is 6.10 Å². The Morgan fingerprint density at radius 2 is 1.65 bits per heavy atom. The zero-order valence-electron chi connectivity index (χ0n) is 13.3. The molecule has 3 aliphatic rings. The smallest absolute Gasteiger partial charge is 0.0583 e. The van der Waals surface area contributed by atoms with Gasteiger partial charge < -0.3 is 5.11 Å². The number of hydrogen-bond acceptors (Lipinski definition) is 2. The summed E-state index contributed by atoms with van der Waals surface area (Å²) in [5.41, 5.74) is 0. The molecule has 1 N–H and O–H groups in total. The number of likely N-dealkylation sites (tertiary alicyclic amines) is 1. The van der Waals surface area contributed by atoms with Gasteiger partial charge in [-0.15, -0.1) is 0 Å². The molecule has 2 heteroatoms. The van der Waals surface area contributed by atoms with Crippen molar-refractivity contribution in [3.8, 4) is 0 Å². The third kappa shape index (κ3) is 3.22. The molecule has 2 nitrogen and oxygen atoms in total. The van der Waals surface area contributed by atoms with Crippen LogP contribution in [0.4, 0.5) is 0 Å². The maximum Gasteiger partial charge on any atom is 0.0583 e. The molecule has 3 fully saturated rings. The molecule has 0 aromatic heterocycles. The summed E-state index contributed by atoms with van der Waals surface area (Å²) < 4.78 is 0. The van der Waals surface area contributed by atoms with E-state index in [-0.39, 0.29) is 6.10 Å². The fourth-order valence-corrected chi connectivity index (χ4v) is 5.18. The predicted molar refractivity (Wildman–Crippen MR) is 83.7 cm³/mol. The fourth-order valence-electron chi connectivity index (χ4n) is 5.18. The SMILES string of the molecule is CC1CCCC(N2CCCCC2C2CCCCC2O)C1. The second kappa shape index (κ2) is 6.79. The monoisotopic (exact) mass is 279 g/mol. The Morgan fingerprint density at radius 3 is 2.45 bits per heavy atom. The highest BCUT2D eigenvalue weighted by Gasteiger charge is 2.38. The molecule has 0 radical (unpaired) electrons. The quantitative estimate of drug-likeness (QED) is 0.826. The number of nitrogens with zero attached hydrogens (tertiary/aromatic N) is 1. The average Bonchev–Trinajstić information content (AvgIpc) is 2.48. The Kier molecular flexibility index (Phi) is 5.04. The molecule has 116 valence electrons. The largest absolute Gasteiger partial charge is 0.393 e. The van der Waals surface area contributed by atoms with Crippen molar-refractivity contribution >= 4 is 0 Å². The Morgan fingerprint density at radius 1 is 0.850 bits per heavy atom. The molecule has 0 aromatic rings. The van der Waals surface area contributed by atoms with Crippen molar-refractivity contribution in [1.29, 1.82) is 0 Å². The lowest BCUT2D eigenvalue weighted by Crippen LogP contribution is -2.53. The molecule has 1 saturated heterocycles. The summed E-state index contributed by atoms with van der Waals surface area (Å²) in [5, 5.41) is 10.5. The van der Waals surface area contributed by atoms with Crippen LogP contribution in [-0.2, 0) is 0 Å². The molecule has 3 rings (SSSR count). The summed E-state index contributed by atoms with van der Waals surface area (Å²) in [6.45, 7) is 3.73. The van der Waals surface area contributed by atoms with Crippen LogP contribution in [0, 0.1) is 11.8 Å². The van der Waals surface area contributed by atoms with E-state index >= 15 is 0 Å². The minimum atomic E-state index is -0.0182. The van der Waals surface area contributed by atoms with Gasteiger partial charge in [0.25, 0.3) is 0 Å². The summed E-state index contributed by atoms with van der Waals surface area (Å²) in [6.07, 6.45) is 14.6. The number of piperidine rings is 1. The van der Waals surface area contributed by atoms with Crippen LogP contribution in [0.3, 0.4) is 0 Å². The predicted octanol–water partition coefficient (Wildman–Crippen LogP) is 3.97. The Balaban J connectivity index is 1.69. The maximum absolute atomic E-state index is 10.5. The van der Waals surface area contributed by atoms with E-state index in [1.54, 1.807) is 0 Å². The molecule has 0 aromatic carbocycles. The number of rotatable bonds is 2. The summed E-state index contributed by atoms with van der Waals surface area (Å²) in [4.78, 5) is 2.85. The summed E-state index contributed by atoms with van der Waals surface area (Å²) in [5.74, 6) is 1.48. The molecular formula is C18H33NO. The van der Waals surface area contributed by atoms with Gasteiger partial charge in [-0.3, -0.25) is 4.90 Å². The van der Waals surface area contributed by atoms with E-state index in [0.29, 0.717) is 12.0 Å². The van der Waals surface area contributed by atoms with Gasteiger partial charge in [-0.1, -0.05) is 39.0 Å². The van der Waals surface area contributed by atoms with Gasteiger partial charge in [0.1, 0.15) is 0 Å². The Labute approximate surface area is 124 Å². The van der Waals surface area contributed by atoms with Crippen molar-refractivity contribution in [2.45, 2.75) is 95.7 Å². The lowest BCUT2D eigenvalue weighted by atomic mass is 9.76. The van der Waals surface area contributed by atoms with Crippen LogP contribution >= 0.6 is 0 Å². The highest BCUT2D eigenvalue weighted by atomic mass is 16.3. The number of aliphatic hydroxyl groups is 1. The zero-order chi connectivity index (χ0) is 13.9. The van der Waals surface area contributed by atoms with Gasteiger partial charge in [0.15, 0.2) is 0 Å². The fraction of sp³-hybridized carbons (Fsp3) is 1.00. The van der Waals surface area contributed by atoms with Gasteiger partial charge in [-0.2, -0.15) is 0 Å². The first kappa shape index (κ1) is 14.8. The number of aliphatic hydroxyl groups excluding tert-OH is 1. The molecule has 0 spiro atoms. The highest BCUT2D eigenvalue weighted by molar-refractivity contribution is 4.92. The van der Waals surface area contributed by atoms with E-state index in [1.165, 1.54) is 70.8 Å². The first-order valence-electron chi connectivity index (χ1n) is 9.19. The van der Waals surface area contributed by atoms with Crippen LogP contribution in [0.2, 0.25) is 0 Å². The Hall–Kier alpha value is -0.0800. The van der Waals surface area contributed by atoms with Gasteiger partial charge in [-0.05, 0) is 51.0 Å². The molecule has 20 heavy (non-hydrogen) atoms. The van der Waals surface area contributed by atoms with E-state index in [2.05, 4.69) is 11.8 Å². The minimum absolute atomic E-state index is 0.0182. The maximum atomic E-state index is 10.5. The second-order valence-corrected chi connectivity index (χ2v) is 7.74.